The van der Waals surface area contributed by atoms with E-state index in [4.69, 9.17) is 4.74 Å². The largest absolute Gasteiger partial charge is 0.494 e. The number of aromatic nitrogens is 1. The van der Waals surface area contributed by atoms with Crippen molar-refractivity contribution in [2.24, 2.45) is 0 Å². The van der Waals surface area contributed by atoms with E-state index in [1.807, 2.05) is 19.1 Å². The summed E-state index contributed by atoms with van der Waals surface area (Å²) in [7, 11) is 0. The first-order valence-corrected chi connectivity index (χ1v) is 8.74. The number of benzene rings is 1. The molecule has 0 unspecified atom stereocenters. The summed E-state index contributed by atoms with van der Waals surface area (Å²) >= 11 is 1.65. The minimum absolute atomic E-state index is 0.0688. The third kappa shape index (κ3) is 5.06. The van der Waals surface area contributed by atoms with Crippen LogP contribution in [-0.2, 0) is 11.8 Å². The van der Waals surface area contributed by atoms with Gasteiger partial charge in [0.05, 0.1) is 17.3 Å². The van der Waals surface area contributed by atoms with Crippen LogP contribution in [-0.4, -0.2) is 24.0 Å². The quantitative estimate of drug-likeness (QED) is 0.875. The number of rotatable bonds is 6. The molecule has 0 saturated carbocycles. The molecule has 1 N–H and O–H groups in total. The zero-order valence-electron chi connectivity index (χ0n) is 14.2. The topological polar surface area (TPSA) is 51.2 Å². The van der Waals surface area contributed by atoms with Crippen molar-refractivity contribution in [3.8, 4) is 5.75 Å². The molecule has 0 atom stereocenters. The number of amides is 1. The molecule has 2 aromatic rings. The fourth-order valence-electron chi connectivity index (χ4n) is 2.02. The first kappa shape index (κ1) is 17.5. The lowest BCUT2D eigenvalue weighted by Crippen LogP contribution is -2.25. The maximum absolute atomic E-state index is 12.1. The number of hydrogen-bond donors (Lipinski definition) is 1. The van der Waals surface area contributed by atoms with Gasteiger partial charge >= 0.3 is 0 Å². The average Bonchev–Trinajstić information content (AvgIpc) is 2.97. The molecule has 0 aliphatic carbocycles. The Morgan fingerprint density at radius 2 is 1.96 bits per heavy atom. The third-order valence-corrected chi connectivity index (χ3v) is 4.28. The molecule has 0 aliphatic heterocycles. The van der Waals surface area contributed by atoms with E-state index < -0.39 is 0 Å². The van der Waals surface area contributed by atoms with Crippen molar-refractivity contribution in [3.63, 3.8) is 0 Å². The Morgan fingerprint density at radius 1 is 1.26 bits per heavy atom. The van der Waals surface area contributed by atoms with Crippen LogP contribution in [0.15, 0.2) is 29.6 Å². The summed E-state index contributed by atoms with van der Waals surface area (Å²) < 4.78 is 5.37. The minimum atomic E-state index is -0.0688. The van der Waals surface area contributed by atoms with Crippen LogP contribution in [0, 0.1) is 0 Å². The Hall–Kier alpha value is -1.88. The zero-order valence-corrected chi connectivity index (χ0v) is 15.0. The highest BCUT2D eigenvalue weighted by Gasteiger charge is 2.17. The highest BCUT2D eigenvalue weighted by Crippen LogP contribution is 2.23. The molecule has 0 fully saturated rings. The SMILES string of the molecule is CCOc1ccc(C(=O)NCCc2nc(C(C)(C)C)cs2)cc1. The molecule has 1 amide bonds. The van der Waals surface area contributed by atoms with E-state index in [1.165, 1.54) is 0 Å². The molecule has 0 spiro atoms. The second-order valence-electron chi connectivity index (χ2n) is 6.34. The Bertz CT molecular complexity index is 642. The Balaban J connectivity index is 1.83. The van der Waals surface area contributed by atoms with Crippen molar-refractivity contribution in [1.82, 2.24) is 10.3 Å². The summed E-state index contributed by atoms with van der Waals surface area (Å²) in [5, 5.41) is 6.09. The highest BCUT2D eigenvalue weighted by molar-refractivity contribution is 7.09. The van der Waals surface area contributed by atoms with Gasteiger partial charge in [0.1, 0.15) is 5.75 Å². The van der Waals surface area contributed by atoms with E-state index in [1.54, 1.807) is 23.5 Å². The number of carbonyl (C=O) groups excluding carboxylic acids is 1. The number of carbonyl (C=O) groups is 1. The molecule has 1 aromatic carbocycles. The van der Waals surface area contributed by atoms with Crippen LogP contribution < -0.4 is 10.1 Å². The average molecular weight is 332 g/mol. The van der Waals surface area contributed by atoms with Crippen LogP contribution in [0.25, 0.3) is 0 Å². The van der Waals surface area contributed by atoms with Gasteiger partial charge in [0.25, 0.3) is 5.91 Å². The first-order chi connectivity index (χ1) is 10.9. The van der Waals surface area contributed by atoms with E-state index in [0.29, 0.717) is 18.7 Å². The lowest BCUT2D eigenvalue weighted by atomic mass is 9.93. The Labute approximate surface area is 141 Å². The highest BCUT2D eigenvalue weighted by atomic mass is 32.1. The van der Waals surface area contributed by atoms with Gasteiger partial charge in [-0.15, -0.1) is 11.3 Å². The number of ether oxygens (including phenoxy) is 1. The van der Waals surface area contributed by atoms with Gasteiger partial charge in [-0.25, -0.2) is 4.98 Å². The van der Waals surface area contributed by atoms with Gasteiger partial charge in [-0.2, -0.15) is 0 Å². The third-order valence-electron chi connectivity index (χ3n) is 3.37. The lowest BCUT2D eigenvalue weighted by Gasteiger charge is -2.14. The Morgan fingerprint density at radius 3 is 2.52 bits per heavy atom. The van der Waals surface area contributed by atoms with E-state index in [0.717, 1.165) is 22.9 Å². The van der Waals surface area contributed by atoms with Gasteiger partial charge in [0, 0.05) is 29.3 Å². The summed E-state index contributed by atoms with van der Waals surface area (Å²) in [5.41, 5.74) is 1.82. The molecule has 0 saturated heterocycles. The monoisotopic (exact) mass is 332 g/mol. The zero-order chi connectivity index (χ0) is 16.9. The first-order valence-electron chi connectivity index (χ1n) is 7.86. The van der Waals surface area contributed by atoms with Crippen molar-refractivity contribution in [3.05, 3.63) is 45.9 Å². The van der Waals surface area contributed by atoms with Gasteiger partial charge < -0.3 is 10.1 Å². The van der Waals surface area contributed by atoms with Crippen molar-refractivity contribution in [2.45, 2.75) is 39.5 Å². The fourth-order valence-corrected chi connectivity index (χ4v) is 3.05. The predicted molar refractivity (Wildman–Crippen MR) is 94.5 cm³/mol. The molecule has 1 aromatic heterocycles. The van der Waals surface area contributed by atoms with Crippen molar-refractivity contribution >= 4 is 17.2 Å². The molecule has 23 heavy (non-hydrogen) atoms. The predicted octanol–water partition coefficient (Wildman–Crippen LogP) is 3.81. The van der Waals surface area contributed by atoms with Gasteiger partial charge in [-0.05, 0) is 31.2 Å². The van der Waals surface area contributed by atoms with Crippen LogP contribution in [0.2, 0.25) is 0 Å². The van der Waals surface area contributed by atoms with Crippen LogP contribution in [0.4, 0.5) is 0 Å². The van der Waals surface area contributed by atoms with Gasteiger partial charge in [0.15, 0.2) is 0 Å². The summed E-state index contributed by atoms with van der Waals surface area (Å²) in [4.78, 5) is 16.7. The lowest BCUT2D eigenvalue weighted by molar-refractivity contribution is 0.0954. The second-order valence-corrected chi connectivity index (χ2v) is 7.28. The van der Waals surface area contributed by atoms with E-state index in [-0.39, 0.29) is 11.3 Å². The van der Waals surface area contributed by atoms with Crippen LogP contribution >= 0.6 is 11.3 Å². The molecule has 1 heterocycles. The molecule has 2 rings (SSSR count). The minimum Gasteiger partial charge on any atom is -0.494 e. The summed E-state index contributed by atoms with van der Waals surface area (Å²) in [6.07, 6.45) is 0.753. The van der Waals surface area contributed by atoms with Gasteiger partial charge in [-0.1, -0.05) is 20.8 Å². The molecule has 5 heteroatoms. The molecule has 4 nitrogen and oxygen atoms in total. The maximum Gasteiger partial charge on any atom is 0.251 e. The van der Waals surface area contributed by atoms with Crippen molar-refractivity contribution < 1.29 is 9.53 Å². The summed E-state index contributed by atoms with van der Waals surface area (Å²) in [6, 6.07) is 7.19. The molecule has 0 radical (unpaired) electrons. The van der Waals surface area contributed by atoms with E-state index in [9.17, 15) is 4.79 Å². The second kappa shape index (κ2) is 7.59. The van der Waals surface area contributed by atoms with Crippen molar-refractivity contribution in [2.75, 3.05) is 13.2 Å². The van der Waals surface area contributed by atoms with Crippen LogP contribution in [0.3, 0.4) is 0 Å². The smallest absolute Gasteiger partial charge is 0.251 e. The normalized spacial score (nSPS) is 11.3. The fraction of sp³-hybridized carbons (Fsp3) is 0.444. The number of nitrogens with zero attached hydrogens (tertiary/aromatic N) is 1. The van der Waals surface area contributed by atoms with E-state index >= 15 is 0 Å². The number of thiazole rings is 1. The molecule has 0 aliphatic rings. The van der Waals surface area contributed by atoms with Crippen molar-refractivity contribution in [1.29, 1.82) is 0 Å². The molecular weight excluding hydrogens is 308 g/mol. The summed E-state index contributed by atoms with van der Waals surface area (Å²) in [6.45, 7) is 9.60. The molecule has 0 bridgehead atoms. The van der Waals surface area contributed by atoms with Crippen LogP contribution in [0.5, 0.6) is 5.75 Å². The molecule has 124 valence electrons. The van der Waals surface area contributed by atoms with E-state index in [2.05, 4.69) is 36.5 Å². The standard InChI is InChI=1S/C18H24N2O2S/c1-5-22-14-8-6-13(7-9-14)17(21)19-11-10-16-20-15(12-23-16)18(2,3)4/h6-9,12H,5,10-11H2,1-4H3,(H,19,21). The summed E-state index contributed by atoms with van der Waals surface area (Å²) in [5.74, 6) is 0.710. The molecular formula is C18H24N2O2S. The van der Waals surface area contributed by atoms with Gasteiger partial charge in [0.2, 0.25) is 0 Å². The Kier molecular flexibility index (Phi) is 5.77. The maximum atomic E-state index is 12.1. The number of hydrogen-bond acceptors (Lipinski definition) is 4. The van der Waals surface area contributed by atoms with Crippen LogP contribution in [0.1, 0.15) is 48.8 Å². The number of nitrogens with one attached hydrogen (secondary N) is 1. The van der Waals surface area contributed by atoms with Gasteiger partial charge in [-0.3, -0.25) is 4.79 Å².